The molecule has 3 aromatic carbocycles. The van der Waals surface area contributed by atoms with Crippen molar-refractivity contribution in [2.75, 3.05) is 17.6 Å². The molecular weight excluding hydrogens is 406 g/mol. The van der Waals surface area contributed by atoms with Crippen LogP contribution in [0.4, 0.5) is 17.1 Å². The van der Waals surface area contributed by atoms with Crippen LogP contribution in [0.3, 0.4) is 0 Å². The maximum atomic E-state index is 13.3. The largest absolute Gasteiger partial charge is 0.481 e. The van der Waals surface area contributed by atoms with Gasteiger partial charge in [-0.15, -0.1) is 0 Å². The monoisotopic (exact) mass is 429 g/mol. The Labute approximate surface area is 185 Å². The van der Waals surface area contributed by atoms with Crippen LogP contribution >= 0.6 is 0 Å². The quantitative estimate of drug-likeness (QED) is 0.445. The Morgan fingerprint density at radius 2 is 1.72 bits per heavy atom. The first-order valence-electron chi connectivity index (χ1n) is 10.3. The van der Waals surface area contributed by atoms with Crippen molar-refractivity contribution in [3.8, 4) is 0 Å². The number of benzene rings is 3. The van der Waals surface area contributed by atoms with Gasteiger partial charge in [0, 0.05) is 28.9 Å². The topological polar surface area (TPSA) is 122 Å². The summed E-state index contributed by atoms with van der Waals surface area (Å²) in [4.78, 5) is 36.3. The summed E-state index contributed by atoms with van der Waals surface area (Å²) in [5, 5.41) is 14.6. The van der Waals surface area contributed by atoms with Gasteiger partial charge >= 0.3 is 5.97 Å². The smallest absolute Gasteiger partial charge is 0.305 e. The highest BCUT2D eigenvalue weighted by atomic mass is 16.4. The van der Waals surface area contributed by atoms with E-state index in [9.17, 15) is 14.4 Å². The molecule has 7 nitrogen and oxygen atoms in total. The average Bonchev–Trinajstić information content (AvgIpc) is 2.91. The first-order chi connectivity index (χ1) is 15.4. The number of rotatable bonds is 6. The number of carboxylic acids is 1. The van der Waals surface area contributed by atoms with Crippen molar-refractivity contribution in [3.05, 3.63) is 88.5 Å². The molecule has 0 bridgehead atoms. The number of hydrogen-bond donors (Lipinski definition) is 4. The van der Waals surface area contributed by atoms with E-state index in [4.69, 9.17) is 10.8 Å². The molecule has 0 aromatic heterocycles. The van der Waals surface area contributed by atoms with Crippen LogP contribution < -0.4 is 16.4 Å². The van der Waals surface area contributed by atoms with E-state index in [0.717, 1.165) is 22.5 Å². The van der Waals surface area contributed by atoms with Gasteiger partial charge in [-0.25, -0.2) is 0 Å². The Kier molecular flexibility index (Phi) is 5.89. The highest BCUT2D eigenvalue weighted by molar-refractivity contribution is 6.12. The molecule has 1 aliphatic carbocycles. The molecule has 5 N–H and O–H groups in total. The molecule has 4 rings (SSSR count). The van der Waals surface area contributed by atoms with Crippen LogP contribution in [-0.4, -0.2) is 29.3 Å². The summed E-state index contributed by atoms with van der Waals surface area (Å²) in [5.74, 6) is -1.51. The summed E-state index contributed by atoms with van der Waals surface area (Å²) in [6.07, 6.45) is 1.21. The second-order valence-electron chi connectivity index (χ2n) is 7.68. The predicted molar refractivity (Wildman–Crippen MR) is 122 cm³/mol. The Morgan fingerprint density at radius 3 is 2.50 bits per heavy atom. The molecule has 0 saturated heterocycles. The van der Waals surface area contributed by atoms with Crippen LogP contribution in [0.1, 0.15) is 43.8 Å². The number of amides is 1. The minimum absolute atomic E-state index is 0.0315. The first-order valence-corrected chi connectivity index (χ1v) is 10.3. The standard InChI is InChI=1S/C25H23N3O4/c26-21-3-1-2-4-22(21)28-18-9-10-19-16(13-18)7-5-15-6-8-17(14-20(15)24(19)31)25(32)27-12-11-23(29)30/h1-4,6,8-10,13-14,28H,5,7,11-12,26H2,(H,27,32)(H,29,30). The van der Waals surface area contributed by atoms with E-state index in [-0.39, 0.29) is 18.7 Å². The number of nitrogen functional groups attached to an aromatic ring is 1. The van der Waals surface area contributed by atoms with E-state index in [2.05, 4.69) is 10.6 Å². The summed E-state index contributed by atoms with van der Waals surface area (Å²) in [5.41, 5.74) is 11.6. The second-order valence-corrected chi connectivity index (χ2v) is 7.68. The SMILES string of the molecule is Nc1ccccc1Nc1ccc2c(c1)CCc1ccc(C(=O)NCCC(=O)O)cc1C2=O. The zero-order chi connectivity index (χ0) is 22.7. The van der Waals surface area contributed by atoms with Crippen LogP contribution in [-0.2, 0) is 17.6 Å². The highest BCUT2D eigenvalue weighted by Crippen LogP contribution is 2.29. The first kappa shape index (κ1) is 21.1. The zero-order valence-electron chi connectivity index (χ0n) is 17.4. The lowest BCUT2D eigenvalue weighted by Gasteiger charge is -2.12. The van der Waals surface area contributed by atoms with Crippen LogP contribution in [0.25, 0.3) is 0 Å². The van der Waals surface area contributed by atoms with E-state index in [0.29, 0.717) is 35.2 Å². The Hall–Kier alpha value is -4.13. The van der Waals surface area contributed by atoms with Gasteiger partial charge in [-0.2, -0.15) is 0 Å². The lowest BCUT2D eigenvalue weighted by Crippen LogP contribution is -2.26. The summed E-state index contributed by atoms with van der Waals surface area (Å²) >= 11 is 0. The fraction of sp³-hybridized carbons (Fsp3) is 0.160. The van der Waals surface area contributed by atoms with Gasteiger partial charge in [0.2, 0.25) is 0 Å². The van der Waals surface area contributed by atoms with Crippen LogP contribution in [0.5, 0.6) is 0 Å². The number of nitrogens with two attached hydrogens (primary N) is 1. The van der Waals surface area contributed by atoms with Gasteiger partial charge in [0.15, 0.2) is 5.78 Å². The summed E-state index contributed by atoms with van der Waals surface area (Å²) in [7, 11) is 0. The average molecular weight is 429 g/mol. The van der Waals surface area contributed by atoms with Crippen molar-refractivity contribution in [2.45, 2.75) is 19.3 Å². The van der Waals surface area contributed by atoms with Crippen molar-refractivity contribution in [2.24, 2.45) is 0 Å². The molecule has 32 heavy (non-hydrogen) atoms. The number of hydrogen-bond acceptors (Lipinski definition) is 5. The third kappa shape index (κ3) is 4.46. The molecule has 0 fully saturated rings. The van der Waals surface area contributed by atoms with Gasteiger partial charge in [-0.05, 0) is 66.4 Å². The molecule has 3 aromatic rings. The molecule has 0 heterocycles. The molecule has 7 heteroatoms. The minimum atomic E-state index is -0.983. The predicted octanol–water partition coefficient (Wildman–Crippen LogP) is 3.55. The van der Waals surface area contributed by atoms with Crippen LogP contribution in [0, 0.1) is 0 Å². The number of carbonyl (C=O) groups excluding carboxylic acids is 2. The van der Waals surface area contributed by atoms with E-state index < -0.39 is 11.9 Å². The lowest BCUT2D eigenvalue weighted by molar-refractivity contribution is -0.136. The number of aryl methyl sites for hydroxylation is 2. The lowest BCUT2D eigenvalue weighted by atomic mass is 9.96. The maximum absolute atomic E-state index is 13.3. The highest BCUT2D eigenvalue weighted by Gasteiger charge is 2.23. The number of carbonyl (C=O) groups is 3. The molecule has 0 atom stereocenters. The number of aliphatic carboxylic acids is 1. The molecule has 162 valence electrons. The minimum Gasteiger partial charge on any atom is -0.481 e. The molecule has 0 saturated carbocycles. The van der Waals surface area contributed by atoms with Crippen molar-refractivity contribution in [1.82, 2.24) is 5.32 Å². The molecular formula is C25H23N3O4. The van der Waals surface area contributed by atoms with E-state index in [1.807, 2.05) is 36.4 Å². The fourth-order valence-electron chi connectivity index (χ4n) is 3.81. The normalized spacial score (nSPS) is 12.3. The van der Waals surface area contributed by atoms with Crippen molar-refractivity contribution < 1.29 is 19.5 Å². The van der Waals surface area contributed by atoms with Crippen molar-refractivity contribution in [1.29, 1.82) is 0 Å². The van der Waals surface area contributed by atoms with Crippen LogP contribution in [0.2, 0.25) is 0 Å². The van der Waals surface area contributed by atoms with Gasteiger partial charge in [0.1, 0.15) is 0 Å². The van der Waals surface area contributed by atoms with Gasteiger partial charge in [-0.3, -0.25) is 14.4 Å². The number of nitrogens with one attached hydrogen (secondary N) is 2. The Balaban J connectivity index is 1.57. The third-order valence-corrected chi connectivity index (χ3v) is 5.49. The van der Waals surface area contributed by atoms with Crippen molar-refractivity contribution >= 4 is 34.7 Å². The Morgan fingerprint density at radius 1 is 0.938 bits per heavy atom. The van der Waals surface area contributed by atoms with Crippen LogP contribution in [0.15, 0.2) is 60.7 Å². The molecule has 1 aliphatic rings. The Bertz CT molecular complexity index is 1220. The number of fused-ring (bicyclic) bond motifs is 2. The molecule has 1 amide bonds. The maximum Gasteiger partial charge on any atom is 0.305 e. The van der Waals surface area contributed by atoms with Gasteiger partial charge < -0.3 is 21.5 Å². The third-order valence-electron chi connectivity index (χ3n) is 5.49. The van der Waals surface area contributed by atoms with Gasteiger partial charge in [-0.1, -0.05) is 18.2 Å². The number of ketones is 1. The molecule has 0 unspecified atom stereocenters. The molecule has 0 spiro atoms. The van der Waals surface area contributed by atoms with Gasteiger partial charge in [0.25, 0.3) is 5.91 Å². The molecule has 0 radical (unpaired) electrons. The summed E-state index contributed by atoms with van der Waals surface area (Å²) < 4.78 is 0. The van der Waals surface area contributed by atoms with E-state index in [1.165, 1.54) is 0 Å². The van der Waals surface area contributed by atoms with E-state index >= 15 is 0 Å². The number of carboxylic acid groups (broad SMARTS) is 1. The summed E-state index contributed by atoms with van der Waals surface area (Å²) in [6.45, 7) is 0.0315. The second kappa shape index (κ2) is 8.93. The molecule has 0 aliphatic heterocycles. The number of anilines is 3. The van der Waals surface area contributed by atoms with Gasteiger partial charge in [0.05, 0.1) is 17.8 Å². The summed E-state index contributed by atoms with van der Waals surface area (Å²) in [6, 6.07) is 18.2. The number of para-hydroxylation sites is 2. The zero-order valence-corrected chi connectivity index (χ0v) is 17.4. The van der Waals surface area contributed by atoms with E-state index in [1.54, 1.807) is 24.3 Å². The van der Waals surface area contributed by atoms with Crippen molar-refractivity contribution in [3.63, 3.8) is 0 Å². The fourth-order valence-corrected chi connectivity index (χ4v) is 3.81.